The molecule has 0 bridgehead atoms. The minimum absolute atomic E-state index is 0.104. The summed E-state index contributed by atoms with van der Waals surface area (Å²) in [6.07, 6.45) is 0.341. The molecule has 4 rings (SSSR count). The molecule has 1 unspecified atom stereocenters. The predicted octanol–water partition coefficient (Wildman–Crippen LogP) is 5.74. The first-order chi connectivity index (χ1) is 13.1. The summed E-state index contributed by atoms with van der Waals surface area (Å²) in [5, 5.41) is 0.646. The van der Waals surface area contributed by atoms with E-state index in [0.29, 0.717) is 22.9 Å². The fourth-order valence-electron chi connectivity index (χ4n) is 3.90. The molecule has 0 amide bonds. The van der Waals surface area contributed by atoms with Crippen LogP contribution in [0.25, 0.3) is 11.1 Å². The highest BCUT2D eigenvalue weighted by molar-refractivity contribution is 6.30. The van der Waals surface area contributed by atoms with Crippen molar-refractivity contribution in [3.63, 3.8) is 0 Å². The van der Waals surface area contributed by atoms with Gasteiger partial charge in [-0.2, -0.15) is 0 Å². The number of ether oxygens (including phenoxy) is 2. The summed E-state index contributed by atoms with van der Waals surface area (Å²) in [5.41, 5.74) is 4.65. The van der Waals surface area contributed by atoms with E-state index in [9.17, 15) is 4.79 Å². The van der Waals surface area contributed by atoms with Gasteiger partial charge in [0.1, 0.15) is 0 Å². The maximum Gasteiger partial charge on any atom is 0.164 e. The third-order valence-corrected chi connectivity index (χ3v) is 5.34. The Kier molecular flexibility index (Phi) is 4.63. The van der Waals surface area contributed by atoms with Gasteiger partial charge in [-0.25, -0.2) is 0 Å². The van der Waals surface area contributed by atoms with Gasteiger partial charge in [0.05, 0.1) is 14.2 Å². The van der Waals surface area contributed by atoms with Gasteiger partial charge in [0.15, 0.2) is 17.3 Å². The van der Waals surface area contributed by atoms with Crippen molar-refractivity contribution in [2.24, 2.45) is 0 Å². The Morgan fingerprint density at radius 1 is 0.852 bits per heavy atom. The van der Waals surface area contributed by atoms with Gasteiger partial charge >= 0.3 is 0 Å². The molecule has 0 saturated heterocycles. The van der Waals surface area contributed by atoms with Crippen molar-refractivity contribution in [3.05, 3.63) is 82.4 Å². The second-order valence-corrected chi connectivity index (χ2v) is 6.98. The van der Waals surface area contributed by atoms with E-state index < -0.39 is 0 Å². The lowest BCUT2D eigenvalue weighted by Crippen LogP contribution is -2.09. The lowest BCUT2D eigenvalue weighted by Gasteiger charge is -2.22. The van der Waals surface area contributed by atoms with Gasteiger partial charge < -0.3 is 9.47 Å². The van der Waals surface area contributed by atoms with Crippen molar-refractivity contribution in [2.75, 3.05) is 14.2 Å². The van der Waals surface area contributed by atoms with Crippen molar-refractivity contribution in [3.8, 4) is 22.6 Å². The highest BCUT2D eigenvalue weighted by Crippen LogP contribution is 2.46. The van der Waals surface area contributed by atoms with E-state index >= 15 is 0 Å². The Morgan fingerprint density at radius 2 is 1.63 bits per heavy atom. The quantitative estimate of drug-likeness (QED) is 0.582. The first-order valence-electron chi connectivity index (χ1n) is 8.77. The standard InChI is InChI=1S/C23H19ClO3/c1-26-22-9-5-8-18(23(22)27-2)20-13-21(25)17-7-4-3-6-15(17)16-11-10-14(24)12-19(16)20/h3-12,20H,13H2,1-2H3. The smallest absolute Gasteiger partial charge is 0.164 e. The molecule has 27 heavy (non-hydrogen) atoms. The Bertz CT molecular complexity index is 1030. The minimum Gasteiger partial charge on any atom is -0.493 e. The number of rotatable bonds is 3. The van der Waals surface area contributed by atoms with Crippen LogP contribution in [0.3, 0.4) is 0 Å². The number of hydrogen-bond acceptors (Lipinski definition) is 3. The average molecular weight is 379 g/mol. The van der Waals surface area contributed by atoms with E-state index in [1.54, 1.807) is 14.2 Å². The topological polar surface area (TPSA) is 35.5 Å². The number of fused-ring (bicyclic) bond motifs is 3. The third-order valence-electron chi connectivity index (χ3n) is 5.11. The van der Waals surface area contributed by atoms with Gasteiger partial charge in [-0.1, -0.05) is 54.1 Å². The Morgan fingerprint density at radius 3 is 2.37 bits per heavy atom. The molecule has 3 aromatic rings. The average Bonchev–Trinajstić information content (AvgIpc) is 2.82. The first-order valence-corrected chi connectivity index (χ1v) is 9.14. The molecule has 4 heteroatoms. The van der Waals surface area contributed by atoms with Crippen LogP contribution in [-0.2, 0) is 0 Å². The zero-order chi connectivity index (χ0) is 19.0. The number of halogens is 1. The van der Waals surface area contributed by atoms with Crippen LogP contribution in [0.5, 0.6) is 11.5 Å². The number of ketones is 1. The van der Waals surface area contributed by atoms with E-state index in [-0.39, 0.29) is 11.7 Å². The summed E-state index contributed by atoms with van der Waals surface area (Å²) in [6.45, 7) is 0. The van der Waals surface area contributed by atoms with E-state index in [0.717, 1.165) is 27.8 Å². The maximum absolute atomic E-state index is 13.1. The van der Waals surface area contributed by atoms with Gasteiger partial charge in [0.2, 0.25) is 0 Å². The summed E-state index contributed by atoms with van der Waals surface area (Å²) >= 11 is 6.34. The number of benzene rings is 3. The highest BCUT2D eigenvalue weighted by Gasteiger charge is 2.30. The van der Waals surface area contributed by atoms with Crippen LogP contribution in [0.15, 0.2) is 60.7 Å². The first kappa shape index (κ1) is 17.6. The van der Waals surface area contributed by atoms with Gasteiger partial charge in [-0.05, 0) is 34.9 Å². The fourth-order valence-corrected chi connectivity index (χ4v) is 4.08. The van der Waals surface area contributed by atoms with Gasteiger partial charge in [0.25, 0.3) is 0 Å². The Balaban J connectivity index is 2.00. The van der Waals surface area contributed by atoms with Crippen molar-refractivity contribution < 1.29 is 14.3 Å². The molecule has 1 aliphatic rings. The highest BCUT2D eigenvalue weighted by atomic mass is 35.5. The second kappa shape index (κ2) is 7.09. The molecule has 1 atom stereocenters. The molecular weight excluding hydrogens is 360 g/mol. The predicted molar refractivity (Wildman–Crippen MR) is 107 cm³/mol. The van der Waals surface area contributed by atoms with E-state index in [1.807, 2.05) is 60.7 Å². The monoisotopic (exact) mass is 378 g/mol. The van der Waals surface area contributed by atoms with Gasteiger partial charge in [-0.3, -0.25) is 4.79 Å². The number of Topliss-reactive ketones (excluding diaryl/α,β-unsaturated/α-hetero) is 1. The van der Waals surface area contributed by atoms with Crippen molar-refractivity contribution in [1.82, 2.24) is 0 Å². The molecular formula is C23H19ClO3. The van der Waals surface area contributed by atoms with Crippen molar-refractivity contribution in [1.29, 1.82) is 0 Å². The number of methoxy groups -OCH3 is 2. The normalized spacial score (nSPS) is 15.5. The molecule has 0 aliphatic heterocycles. The molecule has 0 spiro atoms. The largest absolute Gasteiger partial charge is 0.493 e. The summed E-state index contributed by atoms with van der Waals surface area (Å²) < 4.78 is 11.1. The lowest BCUT2D eigenvalue weighted by molar-refractivity contribution is 0.0979. The minimum atomic E-state index is -0.177. The second-order valence-electron chi connectivity index (χ2n) is 6.54. The third kappa shape index (κ3) is 2.98. The Labute approximate surface area is 163 Å². The van der Waals surface area contributed by atoms with Gasteiger partial charge in [0, 0.05) is 28.5 Å². The molecule has 0 fully saturated rings. The lowest BCUT2D eigenvalue weighted by atomic mass is 9.85. The molecule has 1 aliphatic carbocycles. The molecule has 0 heterocycles. The summed E-state index contributed by atoms with van der Waals surface area (Å²) in [7, 11) is 3.23. The SMILES string of the molecule is COc1cccc(C2CC(=O)c3ccccc3-c3ccc(Cl)cc32)c1OC. The van der Waals surface area contributed by atoms with Crippen LogP contribution >= 0.6 is 11.6 Å². The maximum atomic E-state index is 13.1. The van der Waals surface area contributed by atoms with E-state index in [4.69, 9.17) is 21.1 Å². The molecule has 0 aromatic heterocycles. The molecule has 3 aromatic carbocycles. The summed E-state index contributed by atoms with van der Waals surface area (Å²) in [5.74, 6) is 1.22. The van der Waals surface area contributed by atoms with Crippen LogP contribution in [-0.4, -0.2) is 20.0 Å². The molecule has 136 valence electrons. The summed E-state index contributed by atoms with van der Waals surface area (Å²) in [6, 6.07) is 19.3. The zero-order valence-corrected chi connectivity index (χ0v) is 15.9. The fraction of sp³-hybridized carbons (Fsp3) is 0.174. The Hall–Kier alpha value is -2.78. The molecule has 0 N–H and O–H groups in total. The van der Waals surface area contributed by atoms with Crippen LogP contribution in [0.2, 0.25) is 5.02 Å². The zero-order valence-electron chi connectivity index (χ0n) is 15.2. The van der Waals surface area contributed by atoms with E-state index in [1.165, 1.54) is 0 Å². The number of carbonyl (C=O) groups is 1. The van der Waals surface area contributed by atoms with Gasteiger partial charge in [-0.15, -0.1) is 0 Å². The summed E-state index contributed by atoms with van der Waals surface area (Å²) in [4.78, 5) is 13.1. The van der Waals surface area contributed by atoms with Crippen molar-refractivity contribution >= 4 is 17.4 Å². The van der Waals surface area contributed by atoms with Crippen LogP contribution in [0, 0.1) is 0 Å². The molecule has 3 nitrogen and oxygen atoms in total. The molecule has 0 saturated carbocycles. The number of para-hydroxylation sites is 1. The van der Waals surface area contributed by atoms with Crippen molar-refractivity contribution in [2.45, 2.75) is 12.3 Å². The number of hydrogen-bond donors (Lipinski definition) is 0. The number of carbonyl (C=O) groups excluding carboxylic acids is 1. The van der Waals surface area contributed by atoms with Crippen LogP contribution in [0.1, 0.15) is 33.8 Å². The van der Waals surface area contributed by atoms with Crippen LogP contribution < -0.4 is 9.47 Å². The van der Waals surface area contributed by atoms with Crippen LogP contribution in [0.4, 0.5) is 0 Å². The van der Waals surface area contributed by atoms with E-state index in [2.05, 4.69) is 0 Å². The molecule has 0 radical (unpaired) electrons.